The Bertz CT molecular complexity index is 2010. The van der Waals surface area contributed by atoms with Crippen molar-refractivity contribution in [2.75, 3.05) is 19.8 Å². The predicted octanol–water partition coefficient (Wildman–Crippen LogP) is -2.73. The Labute approximate surface area is 426 Å². The molecule has 0 amide bonds. The Morgan fingerprint density at radius 2 is 1.36 bits per heavy atom. The SMILES string of the molecule is CC1(C)CC[C@]2(C(=O)O[C@@H]3O[C@H](CO)[C@@H](O)[C@H](O)[C@H]3O)CC[C@]3(C)C(=CC[C@@H]4[C@@]5(C)CC[C@H](O[C@@H]6OC[C@H](O)[C@H](O[C@@H]7O[C@H](CO)[C@@H](OS(=O)(=O)[O-])[C@H](O)[C@H]7O)[C@H]6O)C(C)(C)[C@@H]5CC[C@]43C)[C@@H]2C1.[Na+]. The maximum atomic E-state index is 14.7. The minimum Gasteiger partial charge on any atom is -0.726 e. The summed E-state index contributed by atoms with van der Waals surface area (Å²) in [7, 11) is -5.37. The average molecular weight is 1020 g/mol. The number of esters is 1. The fraction of sp³-hybridized carbons (Fsp3) is 0.936. The van der Waals surface area contributed by atoms with Gasteiger partial charge in [-0.15, -0.1) is 0 Å². The Balaban J connectivity index is 0.00000703. The van der Waals surface area contributed by atoms with Crippen LogP contribution in [0, 0.1) is 50.2 Å². The van der Waals surface area contributed by atoms with Crippen molar-refractivity contribution >= 4 is 16.4 Å². The van der Waals surface area contributed by atoms with Crippen molar-refractivity contribution in [3.05, 3.63) is 11.6 Å². The van der Waals surface area contributed by atoms with Gasteiger partial charge in [0, 0.05) is 0 Å². The zero-order valence-corrected chi connectivity index (χ0v) is 43.9. The molecular formula is C47H75NaO20S. The van der Waals surface area contributed by atoms with Crippen LogP contribution in [0.1, 0.15) is 113 Å². The molecule has 22 atom stereocenters. The third kappa shape index (κ3) is 9.52. The second kappa shape index (κ2) is 19.9. The molecule has 0 aromatic heterocycles. The summed E-state index contributed by atoms with van der Waals surface area (Å²) in [5, 5.41) is 95.3. The van der Waals surface area contributed by atoms with Crippen LogP contribution in [0.2, 0.25) is 0 Å². The molecule has 7 fully saturated rings. The number of carbonyl (C=O) groups is 1. The van der Waals surface area contributed by atoms with Crippen molar-refractivity contribution in [1.29, 1.82) is 0 Å². The van der Waals surface area contributed by atoms with Crippen LogP contribution < -0.4 is 29.6 Å². The van der Waals surface area contributed by atoms with Crippen LogP contribution in [-0.4, -0.2) is 177 Å². The van der Waals surface area contributed by atoms with Crippen LogP contribution in [0.4, 0.5) is 0 Å². The topological polar surface area (TPSA) is 321 Å². The maximum absolute atomic E-state index is 14.7. The third-order valence-corrected chi connectivity index (χ3v) is 19.6. The van der Waals surface area contributed by atoms with E-state index >= 15 is 0 Å². The standard InChI is InChI=1S/C47H76O20S.Na/c1-42(2)14-16-47(41(57)66-40-33(54)31(52)30(51)25(19-48)62-40)17-15-45(6)22(23(47)18-42)8-9-28-44(5)12-11-29(43(3,4)27(44)10-13-46(28,45)7)64-38-35(56)36(24(50)21-61-38)65-39-34(55)32(53)37(26(20-49)63-39)67-68(58,59)60;/h8,23-40,48-56H,9-21H2,1-7H3,(H,58,59,60);/q;+1/p-1/t23-,24-,25+,26+,27-,28+,29-,30+,31-,32+,33+,34+,35+,36-,37+,38-,39-,40-,44-,45+,46+,47-;/m0./s1. The first-order chi connectivity index (χ1) is 31.6. The minimum atomic E-state index is -5.37. The molecule has 0 radical (unpaired) electrons. The number of hydrogen-bond acceptors (Lipinski definition) is 20. The van der Waals surface area contributed by atoms with Crippen molar-refractivity contribution < 1.29 is 126 Å². The van der Waals surface area contributed by atoms with Gasteiger partial charge in [-0.25, -0.2) is 8.42 Å². The summed E-state index contributed by atoms with van der Waals surface area (Å²) in [4.78, 5) is 14.7. The summed E-state index contributed by atoms with van der Waals surface area (Å²) in [6.07, 6.45) is -13.7. The molecule has 69 heavy (non-hydrogen) atoms. The number of ether oxygens (including phenoxy) is 6. The first-order valence-corrected chi connectivity index (χ1v) is 25.7. The van der Waals surface area contributed by atoms with Gasteiger partial charge in [-0.05, 0) is 109 Å². The molecule has 3 saturated heterocycles. The van der Waals surface area contributed by atoms with Gasteiger partial charge in [0.25, 0.3) is 0 Å². The van der Waals surface area contributed by atoms with E-state index in [9.17, 15) is 63.7 Å². The van der Waals surface area contributed by atoms with Gasteiger partial charge in [0.15, 0.2) is 12.6 Å². The Morgan fingerprint density at radius 1 is 0.725 bits per heavy atom. The summed E-state index contributed by atoms with van der Waals surface area (Å²) in [5.41, 5.74) is -0.721. The fourth-order valence-electron chi connectivity index (χ4n) is 15.0. The maximum Gasteiger partial charge on any atom is 1.00 e. The zero-order valence-electron chi connectivity index (χ0n) is 41.1. The van der Waals surface area contributed by atoms with E-state index in [1.165, 1.54) is 5.57 Å². The Morgan fingerprint density at radius 3 is 2.01 bits per heavy atom. The molecule has 3 heterocycles. The second-order valence-corrected chi connectivity index (χ2v) is 24.5. The molecule has 4 saturated carbocycles. The van der Waals surface area contributed by atoms with Gasteiger partial charge in [-0.2, -0.15) is 0 Å². The molecule has 22 heteroatoms. The number of rotatable bonds is 10. The van der Waals surface area contributed by atoms with Crippen molar-refractivity contribution in [3.8, 4) is 0 Å². The van der Waals surface area contributed by atoms with Gasteiger partial charge in [-0.1, -0.05) is 60.1 Å². The van der Waals surface area contributed by atoms with Crippen LogP contribution in [0.25, 0.3) is 0 Å². The molecule has 390 valence electrons. The molecule has 0 unspecified atom stereocenters. The van der Waals surface area contributed by atoms with Crippen molar-refractivity contribution in [2.45, 2.75) is 205 Å². The molecule has 0 spiro atoms. The van der Waals surface area contributed by atoms with E-state index in [0.717, 1.165) is 44.9 Å². The van der Waals surface area contributed by atoms with Gasteiger partial charge in [0.2, 0.25) is 16.7 Å². The Kier molecular flexibility index (Phi) is 16.2. The fourth-order valence-corrected chi connectivity index (χ4v) is 15.5. The minimum absolute atomic E-state index is 0. The van der Waals surface area contributed by atoms with Gasteiger partial charge in [0.1, 0.15) is 67.1 Å². The summed E-state index contributed by atoms with van der Waals surface area (Å²) in [6.45, 7) is 14.1. The molecule has 20 nitrogen and oxygen atoms in total. The van der Waals surface area contributed by atoms with Gasteiger partial charge >= 0.3 is 35.5 Å². The molecule has 8 rings (SSSR count). The number of carbonyl (C=O) groups excluding carboxylic acids is 1. The van der Waals surface area contributed by atoms with Crippen LogP contribution in [0.3, 0.4) is 0 Å². The predicted molar refractivity (Wildman–Crippen MR) is 233 cm³/mol. The van der Waals surface area contributed by atoms with Crippen molar-refractivity contribution in [1.82, 2.24) is 0 Å². The van der Waals surface area contributed by atoms with Crippen molar-refractivity contribution in [3.63, 3.8) is 0 Å². The molecule has 0 bridgehead atoms. The monoisotopic (exact) mass is 1010 g/mol. The molecule has 0 aromatic rings. The first kappa shape index (κ1) is 56.3. The Hall–Kier alpha value is -0.480. The molecule has 8 aliphatic rings. The largest absolute Gasteiger partial charge is 1.00 e. The zero-order chi connectivity index (χ0) is 49.9. The number of fused-ring (bicyclic) bond motifs is 7. The van der Waals surface area contributed by atoms with Crippen LogP contribution >= 0.6 is 0 Å². The van der Waals surface area contributed by atoms with Crippen molar-refractivity contribution in [2.24, 2.45) is 50.2 Å². The van der Waals surface area contributed by atoms with E-state index in [2.05, 4.69) is 58.7 Å². The van der Waals surface area contributed by atoms with E-state index in [0.29, 0.717) is 19.3 Å². The van der Waals surface area contributed by atoms with E-state index in [-0.39, 0.29) is 75.6 Å². The number of hydrogen-bond donors (Lipinski definition) is 9. The van der Waals surface area contributed by atoms with E-state index in [1.54, 1.807) is 0 Å². The quantitative estimate of drug-likeness (QED) is 0.0268. The van der Waals surface area contributed by atoms with Gasteiger partial charge < -0.3 is 78.9 Å². The molecule has 3 aliphatic heterocycles. The third-order valence-electron chi connectivity index (χ3n) is 19.1. The average Bonchev–Trinajstić information content (AvgIpc) is 3.26. The van der Waals surface area contributed by atoms with Gasteiger partial charge in [-0.3, -0.25) is 8.98 Å². The molecule has 9 N–H and O–H groups in total. The van der Waals surface area contributed by atoms with Crippen LogP contribution in [0.5, 0.6) is 0 Å². The number of aliphatic hydroxyl groups is 9. The van der Waals surface area contributed by atoms with E-state index in [4.69, 9.17) is 28.4 Å². The normalized spacial score (nSPS) is 50.5. The molecule has 0 aromatic carbocycles. The number of aliphatic hydroxyl groups excluding tert-OH is 9. The van der Waals surface area contributed by atoms with Crippen LogP contribution in [-0.2, 0) is 47.8 Å². The van der Waals surface area contributed by atoms with Crippen LogP contribution in [0.15, 0.2) is 11.6 Å². The summed E-state index contributed by atoms with van der Waals surface area (Å²) in [6, 6.07) is 0. The van der Waals surface area contributed by atoms with E-state index < -0.39 is 133 Å². The number of allylic oxidation sites excluding steroid dienone is 2. The summed E-state index contributed by atoms with van der Waals surface area (Å²) >= 11 is 0. The molecular weight excluding hydrogens is 940 g/mol. The van der Waals surface area contributed by atoms with Gasteiger partial charge in [0.05, 0.1) is 31.3 Å². The first-order valence-electron chi connectivity index (χ1n) is 24.4. The smallest absolute Gasteiger partial charge is 0.726 e. The molecule has 5 aliphatic carbocycles. The van der Waals surface area contributed by atoms with E-state index in [1.807, 2.05) is 0 Å². The second-order valence-electron chi connectivity index (χ2n) is 23.5. The summed E-state index contributed by atoms with van der Waals surface area (Å²) in [5.74, 6) is -0.218. The summed E-state index contributed by atoms with van der Waals surface area (Å²) < 4.78 is 73.6.